The van der Waals surface area contributed by atoms with E-state index in [0.717, 1.165) is 49.4 Å². The van der Waals surface area contributed by atoms with Gasteiger partial charge in [0.05, 0.1) is 5.69 Å². The van der Waals surface area contributed by atoms with Crippen LogP contribution in [0.1, 0.15) is 19.3 Å². The summed E-state index contributed by atoms with van der Waals surface area (Å²) in [4.78, 5) is 1.60. The molecule has 0 spiro atoms. The minimum absolute atomic E-state index is 0.250. The van der Waals surface area contributed by atoms with Crippen LogP contribution in [0.5, 0.6) is 0 Å². The Morgan fingerprint density at radius 1 is 0.867 bits per heavy atom. The maximum absolute atomic E-state index is 13.8. The number of halogens is 2. The van der Waals surface area contributed by atoms with E-state index in [2.05, 4.69) is 19.8 Å². The molecule has 2 heterocycles. The molecule has 0 amide bonds. The van der Waals surface area contributed by atoms with Gasteiger partial charge in [0, 0.05) is 30.4 Å². The minimum Gasteiger partial charge on any atom is -0.355 e. The molecule has 0 bridgehead atoms. The number of hydrogen-bond acceptors (Lipinski definition) is 5. The molecule has 6 nitrogen and oxygen atoms in total. The fourth-order valence-corrected chi connectivity index (χ4v) is 4.50. The van der Waals surface area contributed by atoms with Crippen LogP contribution in [-0.4, -0.2) is 31.7 Å². The van der Waals surface area contributed by atoms with Crippen molar-refractivity contribution in [2.75, 3.05) is 22.7 Å². The maximum atomic E-state index is 13.8. The van der Waals surface area contributed by atoms with Crippen LogP contribution < -0.4 is 9.62 Å². The number of sulfonamides is 1. The molecule has 4 rings (SSSR count). The van der Waals surface area contributed by atoms with Crippen LogP contribution in [0.4, 0.5) is 20.3 Å². The Morgan fingerprint density at radius 3 is 2.23 bits per heavy atom. The molecule has 30 heavy (non-hydrogen) atoms. The van der Waals surface area contributed by atoms with Crippen molar-refractivity contribution < 1.29 is 17.2 Å². The van der Waals surface area contributed by atoms with Gasteiger partial charge in [-0.15, -0.1) is 10.2 Å². The van der Waals surface area contributed by atoms with Crippen molar-refractivity contribution >= 4 is 21.5 Å². The second-order valence-electron chi connectivity index (χ2n) is 7.08. The number of benzene rings is 2. The number of hydrogen-bond donors (Lipinski definition) is 1. The summed E-state index contributed by atoms with van der Waals surface area (Å²) >= 11 is 0. The summed E-state index contributed by atoms with van der Waals surface area (Å²) in [6.45, 7) is 1.97. The minimum atomic E-state index is -4.18. The highest BCUT2D eigenvalue weighted by atomic mass is 32.2. The Labute approximate surface area is 173 Å². The quantitative estimate of drug-likeness (QED) is 0.656. The van der Waals surface area contributed by atoms with Gasteiger partial charge in [-0.2, -0.15) is 0 Å². The lowest BCUT2D eigenvalue weighted by Gasteiger charge is -2.27. The molecule has 3 aromatic rings. The molecule has 9 heteroatoms. The molecule has 1 fully saturated rings. The van der Waals surface area contributed by atoms with E-state index in [0.29, 0.717) is 11.8 Å². The molecule has 0 atom stereocenters. The molecule has 0 radical (unpaired) electrons. The van der Waals surface area contributed by atoms with Gasteiger partial charge in [0.25, 0.3) is 10.0 Å². The third kappa shape index (κ3) is 4.40. The summed E-state index contributed by atoms with van der Waals surface area (Å²) in [6, 6.07) is 12.6. The SMILES string of the molecule is O=S(=O)(Nc1ccc(-c2ccc(N3CCCCC3)nn2)cc1)c1ccc(F)cc1F. The summed E-state index contributed by atoms with van der Waals surface area (Å²) in [5.74, 6) is -1.14. The van der Waals surface area contributed by atoms with Crippen molar-refractivity contribution in [1.82, 2.24) is 10.2 Å². The van der Waals surface area contributed by atoms with Crippen molar-refractivity contribution in [2.24, 2.45) is 0 Å². The highest BCUT2D eigenvalue weighted by Gasteiger charge is 2.20. The highest BCUT2D eigenvalue weighted by molar-refractivity contribution is 7.92. The number of aromatic nitrogens is 2. The third-order valence-electron chi connectivity index (χ3n) is 4.95. The third-order valence-corrected chi connectivity index (χ3v) is 6.36. The van der Waals surface area contributed by atoms with E-state index < -0.39 is 26.6 Å². The Balaban J connectivity index is 1.48. The van der Waals surface area contributed by atoms with Gasteiger partial charge in [-0.05, 0) is 55.7 Å². The van der Waals surface area contributed by atoms with E-state index >= 15 is 0 Å². The van der Waals surface area contributed by atoms with Crippen LogP contribution >= 0.6 is 0 Å². The van der Waals surface area contributed by atoms with Crippen LogP contribution in [0.2, 0.25) is 0 Å². The predicted octanol–water partition coefficient (Wildman–Crippen LogP) is 4.21. The van der Waals surface area contributed by atoms with Crippen LogP contribution in [0.25, 0.3) is 11.3 Å². The number of anilines is 2. The van der Waals surface area contributed by atoms with Gasteiger partial charge in [-0.3, -0.25) is 4.72 Å². The first-order valence-electron chi connectivity index (χ1n) is 9.59. The molecule has 156 valence electrons. The summed E-state index contributed by atoms with van der Waals surface area (Å²) in [7, 11) is -4.18. The standard InChI is InChI=1S/C21H20F2N4O2S/c22-16-6-10-20(18(23)14-16)30(28,29)26-17-7-4-15(5-8-17)19-9-11-21(25-24-19)27-12-2-1-3-13-27/h4-11,14,26H,1-3,12-13H2. The molecule has 0 unspecified atom stereocenters. The maximum Gasteiger partial charge on any atom is 0.264 e. The van der Waals surface area contributed by atoms with Crippen molar-refractivity contribution in [2.45, 2.75) is 24.2 Å². The molecular formula is C21H20F2N4O2S. The van der Waals surface area contributed by atoms with Gasteiger partial charge in [0.15, 0.2) is 5.82 Å². The van der Waals surface area contributed by atoms with Gasteiger partial charge >= 0.3 is 0 Å². The molecule has 1 N–H and O–H groups in total. The van der Waals surface area contributed by atoms with E-state index in [1.54, 1.807) is 24.3 Å². The monoisotopic (exact) mass is 430 g/mol. The van der Waals surface area contributed by atoms with Crippen LogP contribution in [0, 0.1) is 11.6 Å². The molecule has 1 aliphatic heterocycles. The van der Waals surface area contributed by atoms with E-state index in [4.69, 9.17) is 0 Å². The van der Waals surface area contributed by atoms with E-state index in [1.807, 2.05) is 12.1 Å². The van der Waals surface area contributed by atoms with Crippen molar-refractivity contribution in [1.29, 1.82) is 0 Å². The summed E-state index contributed by atoms with van der Waals surface area (Å²) in [5.41, 5.74) is 1.68. The number of piperidine rings is 1. The van der Waals surface area contributed by atoms with Gasteiger partial charge < -0.3 is 4.90 Å². The largest absolute Gasteiger partial charge is 0.355 e. The lowest BCUT2D eigenvalue weighted by atomic mass is 10.1. The first-order valence-corrected chi connectivity index (χ1v) is 11.1. The van der Waals surface area contributed by atoms with Crippen molar-refractivity contribution in [3.63, 3.8) is 0 Å². The summed E-state index contributed by atoms with van der Waals surface area (Å²) in [6.07, 6.45) is 3.55. The van der Waals surface area contributed by atoms with Crippen LogP contribution in [0.15, 0.2) is 59.5 Å². The van der Waals surface area contributed by atoms with E-state index in [-0.39, 0.29) is 5.69 Å². The average Bonchev–Trinajstić information content (AvgIpc) is 2.74. The number of rotatable bonds is 5. The fraction of sp³-hybridized carbons (Fsp3) is 0.238. The second-order valence-corrected chi connectivity index (χ2v) is 8.73. The molecule has 1 aliphatic rings. The van der Waals surface area contributed by atoms with E-state index in [9.17, 15) is 17.2 Å². The van der Waals surface area contributed by atoms with Crippen molar-refractivity contribution in [3.8, 4) is 11.3 Å². The van der Waals surface area contributed by atoms with Crippen LogP contribution in [-0.2, 0) is 10.0 Å². The molecule has 0 saturated carbocycles. The normalized spacial score (nSPS) is 14.5. The molecule has 1 saturated heterocycles. The fourth-order valence-electron chi connectivity index (χ4n) is 3.38. The van der Waals surface area contributed by atoms with Gasteiger partial charge in [0.2, 0.25) is 0 Å². The van der Waals surface area contributed by atoms with Crippen molar-refractivity contribution in [3.05, 3.63) is 66.2 Å². The zero-order valence-electron chi connectivity index (χ0n) is 16.1. The lowest BCUT2D eigenvalue weighted by molar-refractivity contribution is 0.551. The molecule has 0 aliphatic carbocycles. The Hall–Kier alpha value is -3.07. The van der Waals surface area contributed by atoms with E-state index in [1.165, 1.54) is 6.42 Å². The average molecular weight is 430 g/mol. The summed E-state index contributed by atoms with van der Waals surface area (Å²) < 4.78 is 53.9. The first kappa shape index (κ1) is 20.2. The topological polar surface area (TPSA) is 75.2 Å². The number of nitrogens with one attached hydrogen (secondary N) is 1. The van der Waals surface area contributed by atoms with Crippen LogP contribution in [0.3, 0.4) is 0 Å². The van der Waals surface area contributed by atoms with Gasteiger partial charge in [0.1, 0.15) is 16.5 Å². The smallest absolute Gasteiger partial charge is 0.264 e. The van der Waals surface area contributed by atoms with Gasteiger partial charge in [-0.1, -0.05) is 12.1 Å². The molecular weight excluding hydrogens is 410 g/mol. The zero-order chi connectivity index (χ0) is 21.1. The zero-order valence-corrected chi connectivity index (χ0v) is 16.9. The second kappa shape index (κ2) is 8.35. The Kier molecular flexibility index (Phi) is 5.63. The summed E-state index contributed by atoms with van der Waals surface area (Å²) in [5, 5.41) is 8.59. The Bertz CT molecular complexity index is 1130. The predicted molar refractivity (Wildman–Crippen MR) is 111 cm³/mol. The molecule has 1 aromatic heterocycles. The molecule has 2 aromatic carbocycles. The highest BCUT2D eigenvalue weighted by Crippen LogP contribution is 2.24. The Morgan fingerprint density at radius 2 is 1.60 bits per heavy atom. The number of nitrogens with zero attached hydrogens (tertiary/aromatic N) is 3. The lowest BCUT2D eigenvalue weighted by Crippen LogP contribution is -2.30. The van der Waals surface area contributed by atoms with Gasteiger partial charge in [-0.25, -0.2) is 17.2 Å². The first-order chi connectivity index (χ1) is 14.4.